The number of hydrogen-bond donors (Lipinski definition) is 2. The summed E-state index contributed by atoms with van der Waals surface area (Å²) in [4.78, 5) is 25.9. The van der Waals surface area contributed by atoms with Gasteiger partial charge in [-0.25, -0.2) is 0 Å². The minimum absolute atomic E-state index is 0.00446. The van der Waals surface area contributed by atoms with E-state index in [9.17, 15) is 9.59 Å². The molecule has 3 rings (SSSR count). The van der Waals surface area contributed by atoms with E-state index in [1.54, 1.807) is 11.9 Å². The average molecular weight is 273 g/mol. The third-order valence-corrected chi connectivity index (χ3v) is 4.12. The van der Waals surface area contributed by atoms with Gasteiger partial charge in [-0.1, -0.05) is 12.1 Å². The van der Waals surface area contributed by atoms with Gasteiger partial charge in [0.1, 0.15) is 6.04 Å². The fraction of sp³-hybridized carbons (Fsp3) is 0.467. The van der Waals surface area contributed by atoms with Crippen LogP contribution in [0.4, 0.5) is 0 Å². The van der Waals surface area contributed by atoms with Crippen molar-refractivity contribution in [2.45, 2.75) is 25.4 Å². The van der Waals surface area contributed by atoms with Crippen LogP contribution in [0, 0.1) is 0 Å². The Morgan fingerprint density at radius 1 is 1.45 bits per heavy atom. The molecule has 0 saturated carbocycles. The summed E-state index contributed by atoms with van der Waals surface area (Å²) in [5.41, 5.74) is 3.01. The summed E-state index contributed by atoms with van der Waals surface area (Å²) in [5, 5.41) is 6.18. The molecule has 0 radical (unpaired) electrons. The maximum absolute atomic E-state index is 12.4. The number of likely N-dealkylation sites (tertiary alicyclic amines) is 1. The largest absolute Gasteiger partial charge is 0.344 e. The molecule has 1 fully saturated rings. The highest BCUT2D eigenvalue weighted by Crippen LogP contribution is 2.19. The first-order chi connectivity index (χ1) is 9.66. The van der Waals surface area contributed by atoms with Gasteiger partial charge in [0.05, 0.1) is 0 Å². The van der Waals surface area contributed by atoms with Crippen LogP contribution in [0.25, 0.3) is 0 Å². The second-order valence-corrected chi connectivity index (χ2v) is 5.44. The number of benzene rings is 1. The standard InChI is InChI=1S/C15H19N3O2/c1-18-8-6-13(15(18)20)17-14(19)12-4-2-3-10-9-16-7-5-11(10)12/h2-4,13,16H,5-9H2,1H3,(H,17,19). The van der Waals surface area contributed by atoms with E-state index in [1.807, 2.05) is 18.2 Å². The molecule has 0 bridgehead atoms. The smallest absolute Gasteiger partial charge is 0.252 e. The summed E-state index contributed by atoms with van der Waals surface area (Å²) in [5.74, 6) is -0.123. The average Bonchev–Trinajstić information content (AvgIpc) is 2.78. The van der Waals surface area contributed by atoms with E-state index in [4.69, 9.17) is 0 Å². The SMILES string of the molecule is CN1CCC(NC(=O)c2cccc3c2CCNC3)C1=O. The Bertz CT molecular complexity index is 556. The summed E-state index contributed by atoms with van der Waals surface area (Å²) < 4.78 is 0. The Hall–Kier alpha value is -1.88. The molecular weight excluding hydrogens is 254 g/mol. The molecule has 1 unspecified atom stereocenters. The molecule has 5 heteroatoms. The van der Waals surface area contributed by atoms with Crippen LogP contribution in [0.2, 0.25) is 0 Å². The van der Waals surface area contributed by atoms with Crippen LogP contribution in [0.5, 0.6) is 0 Å². The van der Waals surface area contributed by atoms with Crippen molar-refractivity contribution in [2.24, 2.45) is 0 Å². The Morgan fingerprint density at radius 2 is 2.30 bits per heavy atom. The summed E-state index contributed by atoms with van der Waals surface area (Å²) >= 11 is 0. The zero-order valence-electron chi connectivity index (χ0n) is 11.6. The number of carbonyl (C=O) groups is 2. The second kappa shape index (κ2) is 5.25. The number of nitrogens with one attached hydrogen (secondary N) is 2. The number of carbonyl (C=O) groups excluding carboxylic acids is 2. The van der Waals surface area contributed by atoms with Gasteiger partial charge in [-0.2, -0.15) is 0 Å². The molecular formula is C15H19N3O2. The predicted molar refractivity (Wildman–Crippen MR) is 75.4 cm³/mol. The number of amides is 2. The van der Waals surface area contributed by atoms with Crippen LogP contribution in [0.15, 0.2) is 18.2 Å². The molecule has 0 aliphatic carbocycles. The van der Waals surface area contributed by atoms with E-state index in [0.717, 1.165) is 25.1 Å². The lowest BCUT2D eigenvalue weighted by molar-refractivity contribution is -0.128. The number of rotatable bonds is 2. The van der Waals surface area contributed by atoms with Crippen molar-refractivity contribution >= 4 is 11.8 Å². The topological polar surface area (TPSA) is 61.4 Å². The first-order valence-electron chi connectivity index (χ1n) is 7.04. The molecule has 106 valence electrons. The molecule has 5 nitrogen and oxygen atoms in total. The monoisotopic (exact) mass is 273 g/mol. The van der Waals surface area contributed by atoms with E-state index >= 15 is 0 Å². The highest BCUT2D eigenvalue weighted by molar-refractivity contribution is 5.99. The Labute approximate surface area is 118 Å². The molecule has 0 spiro atoms. The third kappa shape index (κ3) is 2.29. The number of nitrogens with zero attached hydrogens (tertiary/aromatic N) is 1. The lowest BCUT2D eigenvalue weighted by atomic mass is 9.95. The minimum atomic E-state index is -0.370. The van der Waals surface area contributed by atoms with Crippen LogP contribution < -0.4 is 10.6 Å². The Kier molecular flexibility index (Phi) is 3.44. The minimum Gasteiger partial charge on any atom is -0.344 e. The van der Waals surface area contributed by atoms with Gasteiger partial charge in [-0.15, -0.1) is 0 Å². The quantitative estimate of drug-likeness (QED) is 0.814. The third-order valence-electron chi connectivity index (χ3n) is 4.12. The van der Waals surface area contributed by atoms with E-state index in [2.05, 4.69) is 10.6 Å². The van der Waals surface area contributed by atoms with Gasteiger partial charge in [-0.3, -0.25) is 9.59 Å². The van der Waals surface area contributed by atoms with E-state index in [-0.39, 0.29) is 17.9 Å². The predicted octanol–water partition coefficient (Wildman–Crippen LogP) is 0.293. The first kappa shape index (κ1) is 13.1. The maximum atomic E-state index is 12.4. The van der Waals surface area contributed by atoms with Crippen molar-refractivity contribution in [1.82, 2.24) is 15.5 Å². The van der Waals surface area contributed by atoms with Crippen molar-refractivity contribution in [2.75, 3.05) is 20.1 Å². The fourth-order valence-electron chi connectivity index (χ4n) is 2.94. The molecule has 2 N–H and O–H groups in total. The van der Waals surface area contributed by atoms with Crippen molar-refractivity contribution in [3.8, 4) is 0 Å². The van der Waals surface area contributed by atoms with Gasteiger partial charge in [-0.05, 0) is 36.6 Å². The highest BCUT2D eigenvalue weighted by Gasteiger charge is 2.31. The van der Waals surface area contributed by atoms with Gasteiger partial charge in [0.15, 0.2) is 0 Å². The van der Waals surface area contributed by atoms with Crippen molar-refractivity contribution in [3.63, 3.8) is 0 Å². The van der Waals surface area contributed by atoms with Gasteiger partial charge in [0, 0.05) is 25.7 Å². The van der Waals surface area contributed by atoms with Crippen molar-refractivity contribution in [3.05, 3.63) is 34.9 Å². The first-order valence-corrected chi connectivity index (χ1v) is 7.04. The van der Waals surface area contributed by atoms with E-state index < -0.39 is 0 Å². The highest BCUT2D eigenvalue weighted by atomic mass is 16.2. The van der Waals surface area contributed by atoms with Crippen LogP contribution in [0.1, 0.15) is 27.9 Å². The van der Waals surface area contributed by atoms with Crippen LogP contribution in [-0.2, 0) is 17.8 Å². The summed E-state index contributed by atoms with van der Waals surface area (Å²) in [6.07, 6.45) is 1.55. The van der Waals surface area contributed by atoms with Crippen LogP contribution in [-0.4, -0.2) is 42.9 Å². The van der Waals surface area contributed by atoms with Crippen molar-refractivity contribution < 1.29 is 9.59 Å². The normalized spacial score (nSPS) is 21.8. The van der Waals surface area contributed by atoms with Crippen LogP contribution >= 0.6 is 0 Å². The lowest BCUT2D eigenvalue weighted by Gasteiger charge is -2.20. The molecule has 1 saturated heterocycles. The molecule has 1 atom stereocenters. The fourth-order valence-corrected chi connectivity index (χ4v) is 2.94. The summed E-state index contributed by atoms with van der Waals surface area (Å²) in [6, 6.07) is 5.43. The van der Waals surface area contributed by atoms with Crippen molar-refractivity contribution in [1.29, 1.82) is 0 Å². The number of hydrogen-bond acceptors (Lipinski definition) is 3. The van der Waals surface area contributed by atoms with E-state index in [0.29, 0.717) is 18.5 Å². The molecule has 2 heterocycles. The van der Waals surface area contributed by atoms with Gasteiger partial charge < -0.3 is 15.5 Å². The Balaban J connectivity index is 1.79. The molecule has 0 aromatic heterocycles. The molecule has 2 aliphatic rings. The zero-order valence-corrected chi connectivity index (χ0v) is 11.6. The van der Waals surface area contributed by atoms with E-state index in [1.165, 1.54) is 5.56 Å². The molecule has 20 heavy (non-hydrogen) atoms. The number of fused-ring (bicyclic) bond motifs is 1. The number of likely N-dealkylation sites (N-methyl/N-ethyl adjacent to an activating group) is 1. The Morgan fingerprint density at radius 3 is 3.05 bits per heavy atom. The van der Waals surface area contributed by atoms with Gasteiger partial charge >= 0.3 is 0 Å². The summed E-state index contributed by atoms with van der Waals surface area (Å²) in [7, 11) is 1.77. The molecule has 1 aromatic rings. The van der Waals surface area contributed by atoms with Crippen LogP contribution in [0.3, 0.4) is 0 Å². The van der Waals surface area contributed by atoms with Gasteiger partial charge in [0.2, 0.25) is 5.91 Å². The maximum Gasteiger partial charge on any atom is 0.252 e. The molecule has 2 aliphatic heterocycles. The molecule has 1 aromatic carbocycles. The summed E-state index contributed by atoms with van der Waals surface area (Å²) in [6.45, 7) is 2.41. The van der Waals surface area contributed by atoms with Gasteiger partial charge in [0.25, 0.3) is 5.91 Å². The lowest BCUT2D eigenvalue weighted by Crippen LogP contribution is -2.41. The molecule has 2 amide bonds. The zero-order chi connectivity index (χ0) is 14.1. The second-order valence-electron chi connectivity index (χ2n) is 5.44.